The van der Waals surface area contributed by atoms with E-state index in [2.05, 4.69) is 60.3 Å². The molecular formula is C24H22FN3O. The summed E-state index contributed by atoms with van der Waals surface area (Å²) in [5, 5.41) is 4.13. The van der Waals surface area contributed by atoms with Gasteiger partial charge in [-0.1, -0.05) is 47.1 Å². The number of halogens is 1. The van der Waals surface area contributed by atoms with Crippen LogP contribution in [0.3, 0.4) is 0 Å². The maximum absolute atomic E-state index is 13.3. The molecule has 0 N–H and O–H groups in total. The van der Waals surface area contributed by atoms with E-state index in [1.807, 2.05) is 6.20 Å². The molecule has 0 amide bonds. The van der Waals surface area contributed by atoms with Gasteiger partial charge in [0.05, 0.1) is 18.5 Å². The fourth-order valence-corrected chi connectivity index (χ4v) is 3.20. The van der Waals surface area contributed by atoms with Gasteiger partial charge in [0.15, 0.2) is 0 Å². The minimum Gasteiger partial charge on any atom is -0.391 e. The van der Waals surface area contributed by atoms with Crippen LogP contribution in [-0.2, 0) is 11.4 Å². The van der Waals surface area contributed by atoms with Crippen molar-refractivity contribution < 1.29 is 9.23 Å². The second-order valence-corrected chi connectivity index (χ2v) is 7.18. The SMILES string of the molecule is CC1=CC2=NC(c3ccc(C)cc3)=C(/C=N/OCc3cccc(F)c3)CN2C=C1. The molecule has 0 aliphatic carbocycles. The second kappa shape index (κ2) is 8.27. The molecule has 0 bridgehead atoms. The molecule has 4 nitrogen and oxygen atoms in total. The smallest absolute Gasteiger partial charge is 0.142 e. The van der Waals surface area contributed by atoms with Gasteiger partial charge in [0.25, 0.3) is 0 Å². The van der Waals surface area contributed by atoms with Crippen molar-refractivity contribution in [1.29, 1.82) is 0 Å². The Morgan fingerprint density at radius 3 is 2.79 bits per heavy atom. The number of allylic oxidation sites excluding steroid dienone is 2. The van der Waals surface area contributed by atoms with Crippen LogP contribution in [0, 0.1) is 12.7 Å². The lowest BCUT2D eigenvalue weighted by Gasteiger charge is -2.29. The number of nitrogens with zero attached hydrogens (tertiary/aromatic N) is 3. The number of fused-ring (bicyclic) bond motifs is 1. The molecule has 0 fully saturated rings. The lowest BCUT2D eigenvalue weighted by molar-refractivity contribution is 0.132. The van der Waals surface area contributed by atoms with Crippen molar-refractivity contribution in [3.63, 3.8) is 0 Å². The summed E-state index contributed by atoms with van der Waals surface area (Å²) in [5.41, 5.74) is 5.97. The molecule has 2 aromatic carbocycles. The van der Waals surface area contributed by atoms with Crippen LogP contribution in [0.4, 0.5) is 4.39 Å². The van der Waals surface area contributed by atoms with Crippen LogP contribution in [0.2, 0.25) is 0 Å². The summed E-state index contributed by atoms with van der Waals surface area (Å²) in [6.45, 7) is 4.98. The van der Waals surface area contributed by atoms with Gasteiger partial charge in [-0.3, -0.25) is 0 Å². The Bertz CT molecular complexity index is 1060. The maximum Gasteiger partial charge on any atom is 0.142 e. The fraction of sp³-hybridized carbons (Fsp3) is 0.167. The van der Waals surface area contributed by atoms with Crippen molar-refractivity contribution in [2.45, 2.75) is 20.5 Å². The quantitative estimate of drug-likeness (QED) is 0.520. The van der Waals surface area contributed by atoms with Gasteiger partial charge in [-0.05, 0) is 49.3 Å². The first-order valence-corrected chi connectivity index (χ1v) is 9.50. The van der Waals surface area contributed by atoms with Gasteiger partial charge < -0.3 is 9.74 Å². The lowest BCUT2D eigenvalue weighted by atomic mass is 10.0. The van der Waals surface area contributed by atoms with E-state index in [9.17, 15) is 4.39 Å². The Kier molecular flexibility index (Phi) is 5.38. The topological polar surface area (TPSA) is 37.2 Å². The lowest BCUT2D eigenvalue weighted by Crippen LogP contribution is -2.32. The molecule has 0 saturated carbocycles. The molecule has 0 saturated heterocycles. The molecule has 2 aromatic rings. The molecule has 0 unspecified atom stereocenters. The Labute approximate surface area is 170 Å². The minimum absolute atomic E-state index is 0.210. The molecule has 5 heteroatoms. The number of hydrogen-bond acceptors (Lipinski definition) is 4. The monoisotopic (exact) mass is 387 g/mol. The molecular weight excluding hydrogens is 365 g/mol. The minimum atomic E-state index is -0.283. The standard InChI is InChI=1S/C24H22FN3O/c1-17-6-8-20(9-7-17)24-21(15-28-11-10-18(2)12-23(28)27-24)14-26-29-16-19-4-3-5-22(25)13-19/h3-14H,15-16H2,1-2H3/b26-14+. The molecule has 2 aliphatic heterocycles. The first kappa shape index (κ1) is 18.9. The van der Waals surface area contributed by atoms with E-state index in [0.29, 0.717) is 6.54 Å². The van der Waals surface area contributed by atoms with E-state index in [4.69, 9.17) is 9.83 Å². The van der Waals surface area contributed by atoms with Crippen molar-refractivity contribution in [3.05, 3.63) is 101 Å². The Balaban J connectivity index is 1.60. The highest BCUT2D eigenvalue weighted by atomic mass is 19.1. The summed E-state index contributed by atoms with van der Waals surface area (Å²) >= 11 is 0. The third kappa shape index (κ3) is 4.51. The Morgan fingerprint density at radius 2 is 2.00 bits per heavy atom. The molecule has 0 atom stereocenters. The van der Waals surface area contributed by atoms with E-state index in [-0.39, 0.29) is 12.4 Å². The van der Waals surface area contributed by atoms with Crippen LogP contribution in [0.15, 0.2) is 88.2 Å². The van der Waals surface area contributed by atoms with Crippen LogP contribution >= 0.6 is 0 Å². The summed E-state index contributed by atoms with van der Waals surface area (Å²) in [7, 11) is 0. The predicted octanol–water partition coefficient (Wildman–Crippen LogP) is 5.24. The highest BCUT2D eigenvalue weighted by molar-refractivity contribution is 6.05. The number of amidine groups is 1. The molecule has 0 aromatic heterocycles. The van der Waals surface area contributed by atoms with Crippen molar-refractivity contribution >= 4 is 17.7 Å². The number of benzene rings is 2. The highest BCUT2D eigenvalue weighted by Crippen LogP contribution is 2.27. The second-order valence-electron chi connectivity index (χ2n) is 7.18. The van der Waals surface area contributed by atoms with E-state index >= 15 is 0 Å². The van der Waals surface area contributed by atoms with Gasteiger partial charge >= 0.3 is 0 Å². The van der Waals surface area contributed by atoms with Crippen molar-refractivity contribution in [2.75, 3.05) is 6.54 Å². The van der Waals surface area contributed by atoms with Crippen LogP contribution in [0.5, 0.6) is 0 Å². The van der Waals surface area contributed by atoms with Crippen LogP contribution in [0.25, 0.3) is 5.70 Å². The largest absolute Gasteiger partial charge is 0.391 e. The summed E-state index contributed by atoms with van der Waals surface area (Å²) < 4.78 is 13.3. The van der Waals surface area contributed by atoms with Gasteiger partial charge in [-0.15, -0.1) is 0 Å². The van der Waals surface area contributed by atoms with Crippen LogP contribution in [-0.4, -0.2) is 23.5 Å². The maximum atomic E-state index is 13.3. The molecule has 29 heavy (non-hydrogen) atoms. The van der Waals surface area contributed by atoms with Crippen LogP contribution < -0.4 is 0 Å². The molecule has 4 rings (SSSR count). The summed E-state index contributed by atoms with van der Waals surface area (Å²) in [4.78, 5) is 12.4. The summed E-state index contributed by atoms with van der Waals surface area (Å²) in [6.07, 6.45) is 7.86. The number of hydrogen-bond donors (Lipinski definition) is 0. The average Bonchev–Trinajstić information content (AvgIpc) is 2.71. The van der Waals surface area contributed by atoms with E-state index in [0.717, 1.165) is 28.2 Å². The van der Waals surface area contributed by atoms with Gasteiger partial charge in [0.2, 0.25) is 0 Å². The molecule has 146 valence electrons. The number of oxime groups is 1. The molecule has 0 spiro atoms. The summed E-state index contributed by atoms with van der Waals surface area (Å²) in [5.74, 6) is 0.632. The molecule has 0 radical (unpaired) electrons. The Hall–Kier alpha value is -3.47. The van der Waals surface area contributed by atoms with Gasteiger partial charge in [0, 0.05) is 17.3 Å². The number of rotatable bonds is 5. The third-order valence-electron chi connectivity index (χ3n) is 4.77. The number of aryl methyl sites for hydroxylation is 1. The first-order chi connectivity index (χ1) is 14.1. The van der Waals surface area contributed by atoms with Crippen molar-refractivity contribution in [3.8, 4) is 0 Å². The normalized spacial score (nSPS) is 16.0. The fourth-order valence-electron chi connectivity index (χ4n) is 3.20. The zero-order valence-electron chi connectivity index (χ0n) is 16.5. The van der Waals surface area contributed by atoms with Gasteiger partial charge in [-0.2, -0.15) is 0 Å². The Morgan fingerprint density at radius 1 is 1.17 bits per heavy atom. The van der Waals surface area contributed by atoms with Crippen LogP contribution in [0.1, 0.15) is 23.6 Å². The van der Waals surface area contributed by atoms with Gasteiger partial charge in [-0.25, -0.2) is 9.38 Å². The van der Waals surface area contributed by atoms with Crippen molar-refractivity contribution in [2.24, 2.45) is 10.1 Å². The molecule has 2 heterocycles. The average molecular weight is 387 g/mol. The summed E-state index contributed by atoms with van der Waals surface area (Å²) in [6, 6.07) is 14.6. The zero-order chi connectivity index (χ0) is 20.2. The molecule has 2 aliphatic rings. The van der Waals surface area contributed by atoms with E-state index < -0.39 is 0 Å². The predicted molar refractivity (Wildman–Crippen MR) is 115 cm³/mol. The highest BCUT2D eigenvalue weighted by Gasteiger charge is 2.21. The van der Waals surface area contributed by atoms with E-state index in [1.54, 1.807) is 18.3 Å². The third-order valence-corrected chi connectivity index (χ3v) is 4.77. The first-order valence-electron chi connectivity index (χ1n) is 9.50. The number of aliphatic imine (C=N–C) groups is 1. The zero-order valence-corrected chi connectivity index (χ0v) is 16.5. The van der Waals surface area contributed by atoms with Gasteiger partial charge in [0.1, 0.15) is 18.3 Å². The van der Waals surface area contributed by atoms with Crippen molar-refractivity contribution in [1.82, 2.24) is 4.90 Å². The van der Waals surface area contributed by atoms with E-state index in [1.165, 1.54) is 23.3 Å².